The summed E-state index contributed by atoms with van der Waals surface area (Å²) >= 11 is 1.22. The number of hydrogen-bond acceptors (Lipinski definition) is 3. The van der Waals surface area contributed by atoms with Crippen molar-refractivity contribution in [2.75, 3.05) is 6.54 Å². The fourth-order valence-electron chi connectivity index (χ4n) is 1.05. The molecule has 1 N–H and O–H groups in total. The van der Waals surface area contributed by atoms with Gasteiger partial charge in [-0.1, -0.05) is 31.8 Å². The van der Waals surface area contributed by atoms with Crippen molar-refractivity contribution >= 4 is 11.3 Å². The second-order valence-electron chi connectivity index (χ2n) is 3.58. The third-order valence-electron chi connectivity index (χ3n) is 1.80. The van der Waals surface area contributed by atoms with Crippen LogP contribution in [-0.2, 0) is 6.54 Å². The van der Waals surface area contributed by atoms with E-state index in [0.717, 1.165) is 12.1 Å². The van der Waals surface area contributed by atoms with Gasteiger partial charge >= 0.3 is 4.87 Å². The molecule has 0 spiro atoms. The Morgan fingerprint density at radius 2 is 2.43 bits per heavy atom. The quantitative estimate of drug-likeness (QED) is 0.750. The Kier molecular flexibility index (Phi) is 4.10. The van der Waals surface area contributed by atoms with Gasteiger partial charge in [0.2, 0.25) is 0 Å². The highest BCUT2D eigenvalue weighted by atomic mass is 32.1. The summed E-state index contributed by atoms with van der Waals surface area (Å²) in [5, 5.41) is 5.06. The molecule has 1 heterocycles. The third-order valence-corrected chi connectivity index (χ3v) is 2.49. The molecule has 0 aromatic carbocycles. The van der Waals surface area contributed by atoms with Gasteiger partial charge in [0.25, 0.3) is 0 Å². The summed E-state index contributed by atoms with van der Waals surface area (Å²) in [6, 6.07) is 0.450. The van der Waals surface area contributed by atoms with Gasteiger partial charge in [-0.15, -0.1) is 0 Å². The van der Waals surface area contributed by atoms with Crippen molar-refractivity contribution in [3.8, 4) is 0 Å². The summed E-state index contributed by atoms with van der Waals surface area (Å²) in [6.45, 7) is 9.48. The zero-order valence-corrected chi connectivity index (χ0v) is 9.43. The topological polar surface area (TPSA) is 34.0 Å². The minimum Gasteiger partial charge on any atom is -0.311 e. The van der Waals surface area contributed by atoms with Crippen LogP contribution >= 0.6 is 11.3 Å². The monoisotopic (exact) mass is 212 g/mol. The molecule has 0 saturated heterocycles. The molecule has 0 aliphatic carbocycles. The van der Waals surface area contributed by atoms with Crippen LogP contribution in [0.5, 0.6) is 0 Å². The van der Waals surface area contributed by atoms with E-state index < -0.39 is 0 Å². The van der Waals surface area contributed by atoms with Crippen LogP contribution in [0.2, 0.25) is 0 Å². The van der Waals surface area contributed by atoms with Gasteiger partial charge in [0, 0.05) is 30.7 Å². The van der Waals surface area contributed by atoms with Crippen LogP contribution < -0.4 is 10.2 Å². The van der Waals surface area contributed by atoms with E-state index in [0.29, 0.717) is 12.6 Å². The van der Waals surface area contributed by atoms with Crippen LogP contribution in [0.25, 0.3) is 0 Å². The minimum absolute atomic E-state index is 0.0793. The summed E-state index contributed by atoms with van der Waals surface area (Å²) in [6.07, 6.45) is 1.80. The molecule has 3 nitrogen and oxygen atoms in total. The van der Waals surface area contributed by atoms with Gasteiger partial charge in [0.15, 0.2) is 0 Å². The van der Waals surface area contributed by atoms with Crippen molar-refractivity contribution in [3.05, 3.63) is 33.4 Å². The molecule has 0 saturated carbocycles. The van der Waals surface area contributed by atoms with Crippen LogP contribution in [0.4, 0.5) is 0 Å². The normalized spacial score (nSPS) is 10.8. The zero-order chi connectivity index (χ0) is 10.6. The lowest BCUT2D eigenvalue weighted by Gasteiger charge is -2.10. The Bertz CT molecular complexity index is 351. The summed E-state index contributed by atoms with van der Waals surface area (Å²) in [5.74, 6) is 0. The predicted molar refractivity (Wildman–Crippen MR) is 60.9 cm³/mol. The lowest BCUT2D eigenvalue weighted by molar-refractivity contribution is 0.602. The Hall–Kier alpha value is -0.870. The molecule has 14 heavy (non-hydrogen) atoms. The molecule has 0 unspecified atom stereocenters. The van der Waals surface area contributed by atoms with Gasteiger partial charge in [-0.3, -0.25) is 4.79 Å². The number of hydrogen-bond donors (Lipinski definition) is 1. The Morgan fingerprint density at radius 3 is 2.93 bits per heavy atom. The zero-order valence-electron chi connectivity index (χ0n) is 8.62. The maximum atomic E-state index is 11.2. The first-order chi connectivity index (χ1) is 6.59. The van der Waals surface area contributed by atoms with E-state index in [1.54, 1.807) is 16.1 Å². The standard InChI is InChI=1S/C10H16N2OS/c1-8(2)11-6-9(3)7-12-4-5-14-10(12)13/h4-5,8,11H,3,6-7H2,1-2H3. The number of nitrogens with one attached hydrogen (secondary N) is 1. The smallest absolute Gasteiger partial charge is 0.307 e. The molecular formula is C10H16N2OS. The van der Waals surface area contributed by atoms with Gasteiger partial charge < -0.3 is 9.88 Å². The van der Waals surface area contributed by atoms with E-state index in [4.69, 9.17) is 0 Å². The fraction of sp³-hybridized carbons (Fsp3) is 0.500. The third kappa shape index (κ3) is 3.47. The average molecular weight is 212 g/mol. The van der Waals surface area contributed by atoms with Crippen molar-refractivity contribution in [1.82, 2.24) is 9.88 Å². The maximum absolute atomic E-state index is 11.2. The molecule has 0 radical (unpaired) electrons. The van der Waals surface area contributed by atoms with Crippen molar-refractivity contribution in [1.29, 1.82) is 0 Å². The van der Waals surface area contributed by atoms with Gasteiger partial charge in [-0.2, -0.15) is 0 Å². The first kappa shape index (κ1) is 11.2. The SMILES string of the molecule is C=C(CNC(C)C)Cn1ccsc1=O. The van der Waals surface area contributed by atoms with Gasteiger partial charge in [0.1, 0.15) is 0 Å². The van der Waals surface area contributed by atoms with Crippen molar-refractivity contribution in [3.63, 3.8) is 0 Å². The fourth-order valence-corrected chi connectivity index (χ4v) is 1.64. The van der Waals surface area contributed by atoms with E-state index >= 15 is 0 Å². The molecule has 0 fully saturated rings. The summed E-state index contributed by atoms with van der Waals surface area (Å²) in [4.78, 5) is 11.3. The molecule has 4 heteroatoms. The molecule has 78 valence electrons. The number of nitrogens with zero attached hydrogens (tertiary/aromatic N) is 1. The van der Waals surface area contributed by atoms with E-state index in [1.165, 1.54) is 11.3 Å². The molecular weight excluding hydrogens is 196 g/mol. The van der Waals surface area contributed by atoms with Crippen molar-refractivity contribution in [2.45, 2.75) is 26.4 Å². The van der Waals surface area contributed by atoms with Crippen LogP contribution in [0.15, 0.2) is 28.5 Å². The van der Waals surface area contributed by atoms with Crippen LogP contribution in [0.1, 0.15) is 13.8 Å². The summed E-state index contributed by atoms with van der Waals surface area (Å²) in [7, 11) is 0. The number of rotatable bonds is 5. The van der Waals surface area contributed by atoms with Crippen LogP contribution in [-0.4, -0.2) is 17.2 Å². The molecule has 0 aliphatic rings. The first-order valence-corrected chi connectivity index (χ1v) is 5.51. The molecule has 0 bridgehead atoms. The second kappa shape index (κ2) is 5.12. The molecule has 0 aliphatic heterocycles. The van der Waals surface area contributed by atoms with E-state index in [2.05, 4.69) is 25.7 Å². The Labute approximate surface area is 88.1 Å². The molecule has 0 atom stereocenters. The van der Waals surface area contributed by atoms with Crippen LogP contribution in [0.3, 0.4) is 0 Å². The van der Waals surface area contributed by atoms with Gasteiger partial charge in [0.05, 0.1) is 0 Å². The Balaban J connectivity index is 2.42. The highest BCUT2D eigenvalue weighted by Gasteiger charge is 2.00. The van der Waals surface area contributed by atoms with E-state index in [1.807, 2.05) is 0 Å². The van der Waals surface area contributed by atoms with Crippen LogP contribution in [0, 0.1) is 0 Å². The highest BCUT2D eigenvalue weighted by Crippen LogP contribution is 1.96. The minimum atomic E-state index is 0.0793. The number of thiazole rings is 1. The highest BCUT2D eigenvalue weighted by molar-refractivity contribution is 7.07. The second-order valence-corrected chi connectivity index (χ2v) is 4.44. The maximum Gasteiger partial charge on any atom is 0.307 e. The average Bonchev–Trinajstić information content (AvgIpc) is 2.49. The van der Waals surface area contributed by atoms with Crippen molar-refractivity contribution in [2.24, 2.45) is 0 Å². The van der Waals surface area contributed by atoms with Gasteiger partial charge in [-0.05, 0) is 5.57 Å². The molecule has 0 amide bonds. The van der Waals surface area contributed by atoms with Gasteiger partial charge in [-0.25, -0.2) is 0 Å². The van der Waals surface area contributed by atoms with E-state index in [9.17, 15) is 4.79 Å². The van der Waals surface area contributed by atoms with Crippen molar-refractivity contribution < 1.29 is 0 Å². The molecule has 1 aromatic heterocycles. The molecule has 1 rings (SSSR count). The Morgan fingerprint density at radius 1 is 1.71 bits per heavy atom. The lowest BCUT2D eigenvalue weighted by atomic mass is 10.3. The number of aromatic nitrogens is 1. The summed E-state index contributed by atoms with van der Waals surface area (Å²) in [5.41, 5.74) is 1.03. The summed E-state index contributed by atoms with van der Waals surface area (Å²) < 4.78 is 1.68. The predicted octanol–water partition coefficient (Wildman–Crippen LogP) is 1.46. The lowest BCUT2D eigenvalue weighted by Crippen LogP contribution is -2.26. The largest absolute Gasteiger partial charge is 0.311 e. The van der Waals surface area contributed by atoms with E-state index in [-0.39, 0.29) is 4.87 Å². The first-order valence-electron chi connectivity index (χ1n) is 4.63. The molecule has 1 aromatic rings.